The number of aryl methyl sites for hydroxylation is 1. The van der Waals surface area contributed by atoms with Gasteiger partial charge in [-0.15, -0.1) is 0 Å². The van der Waals surface area contributed by atoms with E-state index in [1.807, 2.05) is 66.4 Å². The van der Waals surface area contributed by atoms with Crippen LogP contribution in [-0.2, 0) is 4.74 Å². The van der Waals surface area contributed by atoms with Gasteiger partial charge in [0, 0.05) is 57.1 Å². The molecule has 0 spiro atoms. The average Bonchev–Trinajstić information content (AvgIpc) is 3.08. The highest BCUT2D eigenvalue weighted by atomic mass is 16.5. The summed E-state index contributed by atoms with van der Waals surface area (Å²) < 4.78 is 22.5. The minimum absolute atomic E-state index is 0.117. The molecule has 2 saturated heterocycles. The fourth-order valence-corrected chi connectivity index (χ4v) is 5.56. The van der Waals surface area contributed by atoms with Crippen LogP contribution in [0.1, 0.15) is 5.56 Å². The van der Waals surface area contributed by atoms with Crippen LogP contribution in [0.25, 0.3) is 22.3 Å². The molecule has 45 heavy (non-hydrogen) atoms. The summed E-state index contributed by atoms with van der Waals surface area (Å²) in [6.45, 7) is 8.73. The summed E-state index contributed by atoms with van der Waals surface area (Å²) in [6, 6.07) is 17.6. The molecule has 2 aromatic carbocycles. The first-order valence-corrected chi connectivity index (χ1v) is 15.2. The van der Waals surface area contributed by atoms with E-state index in [0.717, 1.165) is 55.4 Å². The molecule has 0 bridgehead atoms. The number of pyridine rings is 1. The standard InChI is InChI=1S/C33H39N7O5/c1-23-5-4-6-25(21-23)34-33(41)40-13-11-39(12-14-40)31-30-27(36-32(37-31)45-20-17-38-15-18-44-19-16-38)9-8-26(35-30)24-7-10-28(42-2)29(22-24)43-3/h4-10,21-22H,11-20H2,1-3H3,(H,34,41). The lowest BCUT2D eigenvalue weighted by Crippen LogP contribution is -2.50. The second-order valence-electron chi connectivity index (χ2n) is 11.0. The highest BCUT2D eigenvalue weighted by Gasteiger charge is 2.25. The fourth-order valence-electron chi connectivity index (χ4n) is 5.56. The van der Waals surface area contributed by atoms with Crippen LogP contribution in [0, 0.1) is 6.92 Å². The Morgan fingerprint density at radius 1 is 0.889 bits per heavy atom. The van der Waals surface area contributed by atoms with Gasteiger partial charge in [-0.25, -0.2) is 9.78 Å². The van der Waals surface area contributed by atoms with Gasteiger partial charge in [0.15, 0.2) is 17.3 Å². The van der Waals surface area contributed by atoms with Crippen molar-refractivity contribution in [2.45, 2.75) is 6.92 Å². The number of hydrogen-bond donors (Lipinski definition) is 1. The van der Waals surface area contributed by atoms with Crippen molar-refractivity contribution in [1.29, 1.82) is 0 Å². The monoisotopic (exact) mass is 613 g/mol. The highest BCUT2D eigenvalue weighted by Crippen LogP contribution is 2.34. The predicted molar refractivity (Wildman–Crippen MR) is 173 cm³/mol. The van der Waals surface area contributed by atoms with Gasteiger partial charge in [-0.1, -0.05) is 12.1 Å². The summed E-state index contributed by atoms with van der Waals surface area (Å²) in [4.78, 5) is 34.0. The van der Waals surface area contributed by atoms with E-state index in [9.17, 15) is 4.79 Å². The topological polar surface area (TPSA) is 114 Å². The lowest BCUT2D eigenvalue weighted by molar-refractivity contribution is 0.0317. The molecule has 0 atom stereocenters. The van der Waals surface area contributed by atoms with Crippen LogP contribution < -0.4 is 24.4 Å². The smallest absolute Gasteiger partial charge is 0.321 e. The van der Waals surface area contributed by atoms with E-state index in [0.29, 0.717) is 67.1 Å². The minimum atomic E-state index is -0.117. The Morgan fingerprint density at radius 2 is 1.69 bits per heavy atom. The second-order valence-corrected chi connectivity index (χ2v) is 11.0. The van der Waals surface area contributed by atoms with Gasteiger partial charge in [0.05, 0.1) is 38.6 Å². The summed E-state index contributed by atoms with van der Waals surface area (Å²) >= 11 is 0. The molecule has 6 rings (SSSR count). The molecule has 4 heterocycles. The van der Waals surface area contributed by atoms with Crippen molar-refractivity contribution in [3.05, 3.63) is 60.2 Å². The third kappa shape index (κ3) is 7.18. The molecule has 236 valence electrons. The first-order chi connectivity index (χ1) is 22.0. The Kier molecular flexibility index (Phi) is 9.41. The molecular weight excluding hydrogens is 574 g/mol. The number of piperazine rings is 1. The molecule has 2 amide bonds. The molecule has 2 aliphatic heterocycles. The third-order valence-electron chi connectivity index (χ3n) is 8.06. The number of aromatic nitrogens is 3. The van der Waals surface area contributed by atoms with Gasteiger partial charge in [-0.3, -0.25) is 4.90 Å². The number of methoxy groups -OCH3 is 2. The Hall–Kier alpha value is -4.68. The number of morpholine rings is 1. The van der Waals surface area contributed by atoms with Crippen molar-refractivity contribution in [2.24, 2.45) is 0 Å². The minimum Gasteiger partial charge on any atom is -0.493 e. The number of carbonyl (C=O) groups is 1. The SMILES string of the molecule is COc1ccc(-c2ccc3nc(OCCN4CCOCC4)nc(N4CCN(C(=O)Nc5cccc(C)c5)CC4)c3n2)cc1OC. The number of carbonyl (C=O) groups excluding carboxylic acids is 1. The fraction of sp³-hybridized carbons (Fsp3) is 0.394. The van der Waals surface area contributed by atoms with Crippen LogP contribution >= 0.6 is 0 Å². The number of amides is 2. The quantitative estimate of drug-likeness (QED) is 0.296. The molecule has 1 N–H and O–H groups in total. The lowest BCUT2D eigenvalue weighted by Gasteiger charge is -2.35. The maximum absolute atomic E-state index is 13.0. The van der Waals surface area contributed by atoms with Crippen molar-refractivity contribution in [3.63, 3.8) is 0 Å². The van der Waals surface area contributed by atoms with E-state index >= 15 is 0 Å². The molecule has 12 nitrogen and oxygen atoms in total. The number of urea groups is 1. The van der Waals surface area contributed by atoms with Crippen LogP contribution in [0.2, 0.25) is 0 Å². The molecular formula is C33H39N7O5. The van der Waals surface area contributed by atoms with Crippen molar-refractivity contribution in [3.8, 4) is 28.8 Å². The molecule has 2 aliphatic rings. The number of ether oxygens (including phenoxy) is 4. The largest absolute Gasteiger partial charge is 0.493 e. The summed E-state index contributed by atoms with van der Waals surface area (Å²) in [5, 5.41) is 3.02. The number of rotatable bonds is 9. The van der Waals surface area contributed by atoms with Crippen molar-refractivity contribution < 1.29 is 23.7 Å². The summed E-state index contributed by atoms with van der Waals surface area (Å²) in [6.07, 6.45) is 0. The van der Waals surface area contributed by atoms with Gasteiger partial charge < -0.3 is 34.1 Å². The van der Waals surface area contributed by atoms with E-state index in [-0.39, 0.29) is 6.03 Å². The van der Waals surface area contributed by atoms with Crippen LogP contribution in [0.15, 0.2) is 54.6 Å². The van der Waals surface area contributed by atoms with Gasteiger partial charge in [-0.05, 0) is 55.0 Å². The number of fused-ring (bicyclic) bond motifs is 1. The molecule has 0 radical (unpaired) electrons. The van der Waals surface area contributed by atoms with Gasteiger partial charge in [0.1, 0.15) is 12.1 Å². The number of nitrogens with one attached hydrogen (secondary N) is 1. The Balaban J connectivity index is 1.24. The summed E-state index contributed by atoms with van der Waals surface area (Å²) in [5.74, 6) is 1.95. The number of benzene rings is 2. The van der Waals surface area contributed by atoms with E-state index in [2.05, 4.69) is 15.1 Å². The molecule has 4 aromatic rings. The Labute approximate surface area is 262 Å². The predicted octanol–water partition coefficient (Wildman–Crippen LogP) is 4.08. The zero-order chi connectivity index (χ0) is 31.2. The molecule has 2 aromatic heterocycles. The van der Waals surface area contributed by atoms with Crippen LogP contribution in [0.4, 0.5) is 16.3 Å². The van der Waals surface area contributed by atoms with E-state index in [4.69, 9.17) is 33.9 Å². The van der Waals surface area contributed by atoms with Gasteiger partial charge in [0.25, 0.3) is 0 Å². The Morgan fingerprint density at radius 3 is 2.44 bits per heavy atom. The van der Waals surface area contributed by atoms with E-state index in [1.54, 1.807) is 14.2 Å². The zero-order valence-electron chi connectivity index (χ0n) is 26.0. The zero-order valence-corrected chi connectivity index (χ0v) is 26.0. The molecule has 0 unspecified atom stereocenters. The normalized spacial score (nSPS) is 15.6. The van der Waals surface area contributed by atoms with Gasteiger partial charge in [0.2, 0.25) is 0 Å². The van der Waals surface area contributed by atoms with Gasteiger partial charge in [-0.2, -0.15) is 9.97 Å². The lowest BCUT2D eigenvalue weighted by atomic mass is 10.1. The second kappa shape index (κ2) is 14.0. The van der Waals surface area contributed by atoms with Crippen molar-refractivity contribution in [2.75, 3.05) is 90.1 Å². The maximum Gasteiger partial charge on any atom is 0.321 e. The number of anilines is 2. The average molecular weight is 614 g/mol. The van der Waals surface area contributed by atoms with Crippen LogP contribution in [0.3, 0.4) is 0 Å². The number of hydrogen-bond acceptors (Lipinski definition) is 10. The first-order valence-electron chi connectivity index (χ1n) is 15.2. The van der Waals surface area contributed by atoms with E-state index < -0.39 is 0 Å². The first kappa shape index (κ1) is 30.4. The van der Waals surface area contributed by atoms with E-state index in [1.165, 1.54) is 0 Å². The molecule has 0 aliphatic carbocycles. The van der Waals surface area contributed by atoms with Crippen molar-refractivity contribution >= 4 is 28.6 Å². The van der Waals surface area contributed by atoms with Crippen molar-refractivity contribution in [1.82, 2.24) is 24.8 Å². The summed E-state index contributed by atoms with van der Waals surface area (Å²) in [5.41, 5.74) is 4.87. The Bertz CT molecular complexity index is 1640. The van der Waals surface area contributed by atoms with Gasteiger partial charge >= 0.3 is 12.0 Å². The molecule has 12 heteroatoms. The number of nitrogens with zero attached hydrogens (tertiary/aromatic N) is 6. The maximum atomic E-state index is 13.0. The third-order valence-corrected chi connectivity index (χ3v) is 8.06. The molecule has 2 fully saturated rings. The molecule has 0 saturated carbocycles. The van der Waals surface area contributed by atoms with Crippen LogP contribution in [0.5, 0.6) is 17.5 Å². The highest BCUT2D eigenvalue weighted by molar-refractivity contribution is 5.90. The summed E-state index contributed by atoms with van der Waals surface area (Å²) in [7, 11) is 3.23. The van der Waals surface area contributed by atoms with Crippen LogP contribution in [-0.4, -0.2) is 111 Å².